The Kier molecular flexibility index (Phi) is 6.45. The van der Waals surface area contributed by atoms with E-state index in [1.165, 1.54) is 0 Å². The van der Waals surface area contributed by atoms with E-state index in [0.717, 1.165) is 77.9 Å². The largest absolute Gasteiger partial charge is 0.380 e. The predicted octanol–water partition coefficient (Wildman–Crippen LogP) is 1.12. The zero-order valence-corrected chi connectivity index (χ0v) is 13.4. The Bertz CT molecular complexity index is 329. The molecule has 21 heavy (non-hydrogen) atoms. The van der Waals surface area contributed by atoms with Gasteiger partial charge in [0.05, 0.1) is 6.61 Å². The minimum atomic E-state index is -0.460. The number of carbonyl (C=O) groups excluding carboxylic acids is 1. The van der Waals surface area contributed by atoms with Gasteiger partial charge in [0.1, 0.15) is 5.54 Å². The molecule has 0 aromatic carbocycles. The molecule has 0 bridgehead atoms. The average Bonchev–Trinajstić information content (AvgIpc) is 2.71. The first-order valence-electron chi connectivity index (χ1n) is 8.54. The van der Waals surface area contributed by atoms with E-state index in [0.29, 0.717) is 5.92 Å². The second-order valence-corrected chi connectivity index (χ2v) is 6.45. The molecule has 2 aliphatic rings. The number of hydrogen-bond acceptors (Lipinski definition) is 4. The molecule has 0 aromatic heterocycles. The van der Waals surface area contributed by atoms with Gasteiger partial charge in [0.2, 0.25) is 5.91 Å². The van der Waals surface area contributed by atoms with Gasteiger partial charge in [-0.05, 0) is 51.1 Å². The van der Waals surface area contributed by atoms with Crippen molar-refractivity contribution in [3.63, 3.8) is 0 Å². The van der Waals surface area contributed by atoms with E-state index >= 15 is 0 Å². The van der Waals surface area contributed by atoms with Crippen molar-refractivity contribution in [1.82, 2.24) is 10.2 Å². The highest BCUT2D eigenvalue weighted by Gasteiger charge is 2.46. The van der Waals surface area contributed by atoms with E-state index in [4.69, 9.17) is 10.5 Å². The summed E-state index contributed by atoms with van der Waals surface area (Å²) in [6.07, 6.45) is 6.32. The van der Waals surface area contributed by atoms with Crippen molar-refractivity contribution < 1.29 is 9.53 Å². The van der Waals surface area contributed by atoms with Crippen molar-refractivity contribution in [2.24, 2.45) is 11.7 Å². The third-order valence-electron chi connectivity index (χ3n) is 5.06. The van der Waals surface area contributed by atoms with E-state index in [1.807, 2.05) is 0 Å². The number of nitrogens with one attached hydrogen (secondary N) is 1. The van der Waals surface area contributed by atoms with Crippen molar-refractivity contribution in [1.29, 1.82) is 0 Å². The van der Waals surface area contributed by atoms with Gasteiger partial charge in [-0.3, -0.25) is 4.79 Å². The van der Waals surface area contributed by atoms with Gasteiger partial charge in [-0.2, -0.15) is 0 Å². The van der Waals surface area contributed by atoms with E-state index in [2.05, 4.69) is 17.1 Å². The monoisotopic (exact) mass is 297 g/mol. The first-order valence-corrected chi connectivity index (χ1v) is 8.54. The van der Waals surface area contributed by atoms with Crippen molar-refractivity contribution in [2.45, 2.75) is 51.0 Å². The first kappa shape index (κ1) is 16.7. The standard InChI is InChI=1S/C16H31N3O2/c1-2-8-18-16(15(17)20)7-3-5-14(16)6-10-19-9-4-12-21-13-11-19/h14,18H,2-13H2,1H3,(H2,17,20). The van der Waals surface area contributed by atoms with Crippen LogP contribution in [0.2, 0.25) is 0 Å². The molecule has 1 heterocycles. The van der Waals surface area contributed by atoms with Gasteiger partial charge in [-0.1, -0.05) is 13.3 Å². The maximum absolute atomic E-state index is 12.1. The topological polar surface area (TPSA) is 67.6 Å². The van der Waals surface area contributed by atoms with Gasteiger partial charge in [0.25, 0.3) is 0 Å². The highest BCUT2D eigenvalue weighted by Crippen LogP contribution is 2.38. The fourth-order valence-corrected chi connectivity index (χ4v) is 3.82. The molecule has 1 saturated carbocycles. The number of nitrogens with zero attached hydrogens (tertiary/aromatic N) is 1. The summed E-state index contributed by atoms with van der Waals surface area (Å²) in [5.74, 6) is 0.225. The molecule has 2 rings (SSSR count). The molecule has 2 atom stereocenters. The average molecular weight is 297 g/mol. The molecule has 5 nitrogen and oxygen atoms in total. The number of carbonyl (C=O) groups is 1. The molecule has 5 heteroatoms. The molecule has 1 aliphatic heterocycles. The van der Waals surface area contributed by atoms with E-state index in [9.17, 15) is 4.79 Å². The summed E-state index contributed by atoms with van der Waals surface area (Å²) < 4.78 is 5.50. The number of primary amides is 1. The summed E-state index contributed by atoms with van der Waals surface area (Å²) in [4.78, 5) is 14.5. The first-order chi connectivity index (χ1) is 10.2. The zero-order chi connectivity index (χ0) is 15.1. The normalized spacial score (nSPS) is 31.2. The fraction of sp³-hybridized carbons (Fsp3) is 0.938. The van der Waals surface area contributed by atoms with Crippen molar-refractivity contribution in [2.75, 3.05) is 39.4 Å². The number of rotatable bonds is 7. The molecule has 2 unspecified atom stereocenters. The molecular formula is C16H31N3O2. The van der Waals surface area contributed by atoms with Crippen LogP contribution in [0.5, 0.6) is 0 Å². The number of nitrogens with two attached hydrogens (primary N) is 1. The van der Waals surface area contributed by atoms with Crippen LogP contribution in [0.25, 0.3) is 0 Å². The fourth-order valence-electron chi connectivity index (χ4n) is 3.82. The quantitative estimate of drug-likeness (QED) is 0.739. The van der Waals surface area contributed by atoms with Gasteiger partial charge < -0.3 is 20.7 Å². The Labute approximate surface area is 128 Å². The maximum atomic E-state index is 12.1. The molecule has 2 fully saturated rings. The highest BCUT2D eigenvalue weighted by atomic mass is 16.5. The van der Waals surface area contributed by atoms with E-state index in [-0.39, 0.29) is 5.91 Å². The Morgan fingerprint density at radius 3 is 3.00 bits per heavy atom. The van der Waals surface area contributed by atoms with Gasteiger partial charge in [0.15, 0.2) is 0 Å². The van der Waals surface area contributed by atoms with E-state index in [1.54, 1.807) is 0 Å². The van der Waals surface area contributed by atoms with Crippen molar-refractivity contribution >= 4 is 5.91 Å². The molecule has 1 aliphatic carbocycles. The lowest BCUT2D eigenvalue weighted by Gasteiger charge is -2.35. The smallest absolute Gasteiger partial charge is 0.238 e. The lowest BCUT2D eigenvalue weighted by Crippen LogP contribution is -2.58. The molecule has 122 valence electrons. The Morgan fingerprint density at radius 1 is 1.38 bits per heavy atom. The third kappa shape index (κ3) is 4.18. The Balaban J connectivity index is 1.91. The van der Waals surface area contributed by atoms with Crippen LogP contribution in [0.15, 0.2) is 0 Å². The summed E-state index contributed by atoms with van der Waals surface area (Å²) in [6.45, 7) is 7.89. The van der Waals surface area contributed by atoms with E-state index < -0.39 is 5.54 Å². The molecule has 1 saturated heterocycles. The Morgan fingerprint density at radius 2 is 2.24 bits per heavy atom. The van der Waals surface area contributed by atoms with Crippen LogP contribution in [0, 0.1) is 5.92 Å². The second-order valence-electron chi connectivity index (χ2n) is 6.45. The number of amides is 1. The lowest BCUT2D eigenvalue weighted by molar-refractivity contribution is -0.126. The minimum absolute atomic E-state index is 0.155. The second kappa shape index (κ2) is 8.11. The van der Waals surface area contributed by atoms with Crippen LogP contribution in [0.3, 0.4) is 0 Å². The van der Waals surface area contributed by atoms with Crippen molar-refractivity contribution in [3.05, 3.63) is 0 Å². The van der Waals surface area contributed by atoms with Gasteiger partial charge >= 0.3 is 0 Å². The summed E-state index contributed by atoms with van der Waals surface area (Å²) in [7, 11) is 0. The van der Waals surface area contributed by atoms with Gasteiger partial charge in [0, 0.05) is 19.7 Å². The van der Waals surface area contributed by atoms with Crippen LogP contribution >= 0.6 is 0 Å². The zero-order valence-electron chi connectivity index (χ0n) is 13.4. The molecule has 0 aromatic rings. The highest BCUT2D eigenvalue weighted by molar-refractivity contribution is 5.85. The molecular weight excluding hydrogens is 266 g/mol. The number of hydrogen-bond donors (Lipinski definition) is 2. The van der Waals surface area contributed by atoms with Crippen LogP contribution < -0.4 is 11.1 Å². The van der Waals surface area contributed by atoms with Crippen LogP contribution in [-0.4, -0.2) is 55.7 Å². The minimum Gasteiger partial charge on any atom is -0.380 e. The predicted molar refractivity (Wildman–Crippen MR) is 84.1 cm³/mol. The SMILES string of the molecule is CCCNC1(C(N)=O)CCCC1CCN1CCCOCC1. The summed E-state index contributed by atoms with van der Waals surface area (Å²) in [5, 5.41) is 3.48. The van der Waals surface area contributed by atoms with Crippen molar-refractivity contribution in [3.8, 4) is 0 Å². The van der Waals surface area contributed by atoms with Crippen LogP contribution in [-0.2, 0) is 9.53 Å². The molecule has 0 radical (unpaired) electrons. The molecule has 0 spiro atoms. The van der Waals surface area contributed by atoms with Crippen LogP contribution in [0.4, 0.5) is 0 Å². The van der Waals surface area contributed by atoms with Gasteiger partial charge in [-0.15, -0.1) is 0 Å². The molecule has 3 N–H and O–H groups in total. The molecule has 1 amide bonds. The number of ether oxygens (including phenoxy) is 1. The third-order valence-corrected chi connectivity index (χ3v) is 5.06. The summed E-state index contributed by atoms with van der Waals surface area (Å²) in [6, 6.07) is 0. The van der Waals surface area contributed by atoms with Crippen LogP contribution in [0.1, 0.15) is 45.4 Å². The summed E-state index contributed by atoms with van der Waals surface area (Å²) >= 11 is 0. The summed E-state index contributed by atoms with van der Waals surface area (Å²) in [5.41, 5.74) is 5.30. The maximum Gasteiger partial charge on any atom is 0.238 e. The van der Waals surface area contributed by atoms with Gasteiger partial charge in [-0.25, -0.2) is 0 Å². The lowest BCUT2D eigenvalue weighted by atomic mass is 9.83. The Hall–Kier alpha value is -0.650.